The second-order valence-corrected chi connectivity index (χ2v) is 8.30. The van der Waals surface area contributed by atoms with Gasteiger partial charge in [-0.1, -0.05) is 48.0 Å². The van der Waals surface area contributed by atoms with Crippen molar-refractivity contribution < 1.29 is 14.3 Å². The monoisotopic (exact) mass is 448 g/mol. The number of anilines is 2. The Bertz CT molecular complexity index is 1440. The van der Waals surface area contributed by atoms with Crippen molar-refractivity contribution >= 4 is 17.3 Å². The van der Waals surface area contributed by atoms with Gasteiger partial charge in [-0.15, -0.1) is 0 Å². The summed E-state index contributed by atoms with van der Waals surface area (Å²) in [5.41, 5.74) is 6.04. The summed E-state index contributed by atoms with van der Waals surface area (Å²) in [5, 5.41) is 14.0. The number of ether oxygens (including phenoxy) is 2. The van der Waals surface area contributed by atoms with Gasteiger partial charge < -0.3 is 9.47 Å². The van der Waals surface area contributed by atoms with Crippen LogP contribution in [-0.4, -0.2) is 28.9 Å². The lowest BCUT2D eigenvalue weighted by molar-refractivity contribution is -0.180. The van der Waals surface area contributed by atoms with Gasteiger partial charge in [-0.2, -0.15) is 10.4 Å². The molecule has 34 heavy (non-hydrogen) atoms. The molecule has 166 valence electrons. The van der Waals surface area contributed by atoms with Gasteiger partial charge in [-0.25, -0.2) is 4.68 Å². The number of hydrogen-bond donors (Lipinski definition) is 0. The van der Waals surface area contributed by atoms with Gasteiger partial charge in [0.25, 0.3) is 11.7 Å². The van der Waals surface area contributed by atoms with E-state index < -0.39 is 5.79 Å². The summed E-state index contributed by atoms with van der Waals surface area (Å²) >= 11 is 0. The van der Waals surface area contributed by atoms with E-state index in [9.17, 15) is 4.79 Å². The highest BCUT2D eigenvalue weighted by molar-refractivity contribution is 6.13. The molecular formula is C27H20N4O3. The van der Waals surface area contributed by atoms with E-state index in [0.29, 0.717) is 41.4 Å². The minimum Gasteiger partial charge on any atom is -0.336 e. The van der Waals surface area contributed by atoms with E-state index in [-0.39, 0.29) is 5.91 Å². The predicted molar refractivity (Wildman–Crippen MR) is 126 cm³/mol. The molecule has 1 saturated heterocycles. The average molecular weight is 448 g/mol. The fourth-order valence-electron chi connectivity index (χ4n) is 4.52. The van der Waals surface area contributed by atoms with Gasteiger partial charge in [0, 0.05) is 11.1 Å². The quantitative estimate of drug-likeness (QED) is 0.458. The zero-order valence-electron chi connectivity index (χ0n) is 18.4. The van der Waals surface area contributed by atoms with E-state index in [1.54, 1.807) is 21.7 Å². The van der Waals surface area contributed by atoms with E-state index in [0.717, 1.165) is 16.8 Å². The summed E-state index contributed by atoms with van der Waals surface area (Å²) in [6.07, 6.45) is 1.83. The van der Waals surface area contributed by atoms with Crippen LogP contribution >= 0.6 is 0 Å². The number of aryl methyl sites for hydroxylation is 1. The number of rotatable bonds is 3. The Kier molecular flexibility index (Phi) is 4.59. The number of amides is 1. The molecule has 6 rings (SSSR count). The molecule has 0 N–H and O–H groups in total. The molecule has 1 fully saturated rings. The normalized spacial score (nSPS) is 16.1. The fraction of sp³-hybridized carbons (Fsp3) is 0.148. The Labute approximate surface area is 196 Å². The van der Waals surface area contributed by atoms with Crippen molar-refractivity contribution in [2.24, 2.45) is 0 Å². The Hall–Kier alpha value is -4.25. The first-order chi connectivity index (χ1) is 16.6. The van der Waals surface area contributed by atoms with Crippen LogP contribution < -0.4 is 4.90 Å². The maximum absolute atomic E-state index is 13.9. The van der Waals surface area contributed by atoms with E-state index in [1.165, 1.54) is 0 Å². The molecule has 0 bridgehead atoms. The molecule has 3 heterocycles. The van der Waals surface area contributed by atoms with Gasteiger partial charge in [-0.3, -0.25) is 9.69 Å². The maximum atomic E-state index is 13.9. The van der Waals surface area contributed by atoms with Crippen molar-refractivity contribution in [3.05, 3.63) is 95.7 Å². The lowest BCUT2D eigenvalue weighted by Crippen LogP contribution is -2.39. The van der Waals surface area contributed by atoms with E-state index in [1.807, 2.05) is 73.8 Å². The first kappa shape index (κ1) is 20.4. The van der Waals surface area contributed by atoms with Gasteiger partial charge in [-0.05, 0) is 37.3 Å². The molecule has 0 radical (unpaired) electrons. The second-order valence-electron chi connectivity index (χ2n) is 8.30. The molecule has 0 unspecified atom stereocenters. The van der Waals surface area contributed by atoms with Crippen LogP contribution in [0.25, 0.3) is 16.9 Å². The standard InChI is InChI=1S/C27H20N4O3/c1-18-6-10-20(11-7-18)25-24(17-30(29-25)21-12-8-19(16-28)9-13-21)31-23-5-3-2-4-22(23)27(26(31)32)33-14-15-34-27/h2-13,17H,14-15H2,1H3. The lowest BCUT2D eigenvalue weighted by Gasteiger charge is -2.22. The Balaban J connectivity index is 1.55. The van der Waals surface area contributed by atoms with E-state index >= 15 is 0 Å². The summed E-state index contributed by atoms with van der Waals surface area (Å²) in [6, 6.07) is 24.8. The number of carbonyl (C=O) groups is 1. The first-order valence-electron chi connectivity index (χ1n) is 11.0. The molecule has 3 aromatic carbocycles. The third-order valence-corrected chi connectivity index (χ3v) is 6.20. The molecule has 1 spiro atoms. The zero-order chi connectivity index (χ0) is 23.3. The molecule has 7 heteroatoms. The summed E-state index contributed by atoms with van der Waals surface area (Å²) in [7, 11) is 0. The molecule has 4 aromatic rings. The molecule has 1 aromatic heterocycles. The van der Waals surface area contributed by atoms with E-state index in [4.69, 9.17) is 19.8 Å². The Morgan fingerprint density at radius 2 is 1.65 bits per heavy atom. The molecule has 0 saturated carbocycles. The summed E-state index contributed by atoms with van der Waals surface area (Å²) < 4.78 is 13.5. The van der Waals surface area contributed by atoms with Crippen molar-refractivity contribution in [2.45, 2.75) is 12.7 Å². The number of benzene rings is 3. The van der Waals surface area contributed by atoms with Crippen LogP contribution in [0.5, 0.6) is 0 Å². The van der Waals surface area contributed by atoms with Gasteiger partial charge >= 0.3 is 0 Å². The third-order valence-electron chi connectivity index (χ3n) is 6.20. The number of para-hydroxylation sites is 1. The molecule has 1 amide bonds. The number of aromatic nitrogens is 2. The highest BCUT2D eigenvalue weighted by Crippen LogP contribution is 2.50. The molecule has 0 atom stereocenters. The number of carbonyl (C=O) groups excluding carboxylic acids is 1. The largest absolute Gasteiger partial charge is 0.336 e. The second kappa shape index (κ2) is 7.66. The molecule has 7 nitrogen and oxygen atoms in total. The zero-order valence-corrected chi connectivity index (χ0v) is 18.4. The Morgan fingerprint density at radius 3 is 2.35 bits per heavy atom. The van der Waals surface area contributed by atoms with Crippen LogP contribution in [-0.2, 0) is 20.1 Å². The SMILES string of the molecule is Cc1ccc(-c2nn(-c3ccc(C#N)cc3)cc2N2C(=O)C3(OCCO3)c3ccccc32)cc1. The molecule has 0 aliphatic carbocycles. The van der Waals surface area contributed by atoms with Crippen molar-refractivity contribution in [3.8, 4) is 23.0 Å². The summed E-state index contributed by atoms with van der Waals surface area (Å²) in [5.74, 6) is -1.73. The Morgan fingerprint density at radius 1 is 0.941 bits per heavy atom. The van der Waals surface area contributed by atoms with Gasteiger partial charge in [0.2, 0.25) is 0 Å². The first-order valence-corrected chi connectivity index (χ1v) is 11.0. The highest BCUT2D eigenvalue weighted by Gasteiger charge is 2.57. The highest BCUT2D eigenvalue weighted by atomic mass is 16.7. The summed E-state index contributed by atoms with van der Waals surface area (Å²) in [6.45, 7) is 2.73. The van der Waals surface area contributed by atoms with Gasteiger partial charge in [0.1, 0.15) is 5.69 Å². The van der Waals surface area contributed by atoms with Crippen molar-refractivity contribution in [1.29, 1.82) is 5.26 Å². The number of nitriles is 1. The maximum Gasteiger partial charge on any atom is 0.297 e. The predicted octanol–water partition coefficient (Wildman–Crippen LogP) is 4.60. The minimum absolute atomic E-state index is 0.293. The van der Waals surface area contributed by atoms with Crippen LogP contribution in [0, 0.1) is 18.3 Å². The van der Waals surface area contributed by atoms with E-state index in [2.05, 4.69) is 6.07 Å². The van der Waals surface area contributed by atoms with Crippen molar-refractivity contribution in [3.63, 3.8) is 0 Å². The smallest absolute Gasteiger partial charge is 0.297 e. The van der Waals surface area contributed by atoms with Crippen LogP contribution in [0.4, 0.5) is 11.4 Å². The summed E-state index contributed by atoms with van der Waals surface area (Å²) in [4.78, 5) is 15.5. The number of hydrogen-bond acceptors (Lipinski definition) is 5. The van der Waals surface area contributed by atoms with Crippen LogP contribution in [0.2, 0.25) is 0 Å². The lowest BCUT2D eigenvalue weighted by atomic mass is 10.1. The molecule has 2 aliphatic heterocycles. The minimum atomic E-state index is -1.43. The topological polar surface area (TPSA) is 80.4 Å². The van der Waals surface area contributed by atoms with Crippen LogP contribution in [0.15, 0.2) is 79.0 Å². The van der Waals surface area contributed by atoms with Crippen molar-refractivity contribution in [1.82, 2.24) is 9.78 Å². The number of fused-ring (bicyclic) bond motifs is 2. The third kappa shape index (κ3) is 2.97. The fourth-order valence-corrected chi connectivity index (χ4v) is 4.52. The van der Waals surface area contributed by atoms with Crippen molar-refractivity contribution in [2.75, 3.05) is 18.1 Å². The molecular weight excluding hydrogens is 428 g/mol. The average Bonchev–Trinajstić information content (AvgIpc) is 3.59. The van der Waals surface area contributed by atoms with Gasteiger partial charge in [0.15, 0.2) is 0 Å². The van der Waals surface area contributed by atoms with Crippen LogP contribution in [0.3, 0.4) is 0 Å². The van der Waals surface area contributed by atoms with Gasteiger partial charge in [0.05, 0.1) is 48.1 Å². The molecule has 2 aliphatic rings. The van der Waals surface area contributed by atoms with Crippen LogP contribution in [0.1, 0.15) is 16.7 Å². The number of nitrogens with zero attached hydrogens (tertiary/aromatic N) is 4.